The van der Waals surface area contributed by atoms with E-state index in [0.29, 0.717) is 6.61 Å². The minimum Gasteiger partial charge on any atom is -0.478 e. The molecule has 0 aromatic heterocycles. The smallest absolute Gasteiger partial charge is 0.214 e. The van der Waals surface area contributed by atoms with Crippen LogP contribution in [0.2, 0.25) is 0 Å². The fraction of sp³-hybridized carbons (Fsp3) is 0.400. The zero-order valence-corrected chi connectivity index (χ0v) is 10.5. The summed E-state index contributed by atoms with van der Waals surface area (Å²) in [6.45, 7) is 4.54. The minimum atomic E-state index is 0.202. The van der Waals surface area contributed by atoms with Crippen molar-refractivity contribution >= 4 is 5.90 Å². The molecule has 1 rings (SSSR count). The fourth-order valence-electron chi connectivity index (χ4n) is 1.44. The van der Waals surface area contributed by atoms with Gasteiger partial charge in [0.1, 0.15) is 0 Å². The van der Waals surface area contributed by atoms with Gasteiger partial charge in [-0.15, -0.1) is 0 Å². The number of benzene rings is 1. The zero-order valence-electron chi connectivity index (χ0n) is 10.5. The van der Waals surface area contributed by atoms with Gasteiger partial charge in [0.05, 0.1) is 12.2 Å². The summed E-state index contributed by atoms with van der Waals surface area (Å²) in [6, 6.07) is 7.65. The van der Waals surface area contributed by atoms with Crippen LogP contribution in [0.3, 0.4) is 0 Å². The van der Waals surface area contributed by atoms with E-state index in [0.717, 1.165) is 30.4 Å². The Morgan fingerprint density at radius 2 is 2.06 bits per heavy atom. The third kappa shape index (κ3) is 4.32. The highest BCUT2D eigenvalue weighted by Gasteiger charge is 2.05. The van der Waals surface area contributed by atoms with Gasteiger partial charge in [-0.3, -0.25) is 5.41 Å². The number of rotatable bonds is 4. The molecule has 0 spiro atoms. The lowest BCUT2D eigenvalue weighted by atomic mass is 10.1. The molecular weight excluding hydrogens is 210 g/mol. The maximum absolute atomic E-state index is 7.80. The van der Waals surface area contributed by atoms with Gasteiger partial charge in [-0.25, -0.2) is 0 Å². The van der Waals surface area contributed by atoms with Crippen LogP contribution in [-0.2, 0) is 4.74 Å². The first-order chi connectivity index (χ1) is 8.29. The van der Waals surface area contributed by atoms with E-state index in [9.17, 15) is 0 Å². The molecule has 0 saturated carbocycles. The average Bonchev–Trinajstić information content (AvgIpc) is 2.35. The van der Waals surface area contributed by atoms with Crippen LogP contribution in [0.15, 0.2) is 24.3 Å². The second kappa shape index (κ2) is 7.51. The van der Waals surface area contributed by atoms with Crippen LogP contribution in [0.25, 0.3) is 0 Å². The number of hydrogen-bond acceptors (Lipinski definition) is 2. The van der Waals surface area contributed by atoms with Crippen molar-refractivity contribution in [3.8, 4) is 11.8 Å². The molecule has 0 aliphatic carbocycles. The minimum absolute atomic E-state index is 0.202. The molecule has 1 aromatic rings. The first kappa shape index (κ1) is 13.3. The summed E-state index contributed by atoms with van der Waals surface area (Å²) in [6.07, 6.45) is 3.19. The molecule has 0 amide bonds. The summed E-state index contributed by atoms with van der Waals surface area (Å²) >= 11 is 0. The number of nitrogens with one attached hydrogen (secondary N) is 1. The summed E-state index contributed by atoms with van der Waals surface area (Å²) in [5, 5.41) is 7.80. The van der Waals surface area contributed by atoms with Crippen molar-refractivity contribution in [3.05, 3.63) is 35.4 Å². The zero-order chi connectivity index (χ0) is 12.5. The van der Waals surface area contributed by atoms with E-state index in [4.69, 9.17) is 10.1 Å². The van der Waals surface area contributed by atoms with Crippen LogP contribution >= 0.6 is 0 Å². The highest BCUT2D eigenvalue weighted by molar-refractivity contribution is 5.94. The molecule has 1 aromatic carbocycles. The second-order valence-corrected chi connectivity index (χ2v) is 3.71. The molecule has 0 saturated heterocycles. The van der Waals surface area contributed by atoms with Crippen molar-refractivity contribution in [2.45, 2.75) is 33.1 Å². The van der Waals surface area contributed by atoms with Gasteiger partial charge in [-0.1, -0.05) is 37.3 Å². The molecule has 2 heteroatoms. The summed E-state index contributed by atoms with van der Waals surface area (Å²) in [7, 11) is 0. The van der Waals surface area contributed by atoms with Crippen molar-refractivity contribution < 1.29 is 4.74 Å². The Hall–Kier alpha value is -1.75. The van der Waals surface area contributed by atoms with Crippen molar-refractivity contribution in [2.24, 2.45) is 0 Å². The molecule has 2 nitrogen and oxygen atoms in total. The third-order valence-electron chi connectivity index (χ3n) is 2.34. The molecular formula is C15H19NO. The standard InChI is InChI=1S/C15H19NO/c1-3-5-6-7-10-13-11-8-9-12-14(13)15(16)17-4-2/h8-9,11-12,16H,3-6H2,1-2H3. The molecule has 0 atom stereocenters. The summed E-state index contributed by atoms with van der Waals surface area (Å²) in [4.78, 5) is 0. The predicted molar refractivity (Wildman–Crippen MR) is 71.3 cm³/mol. The van der Waals surface area contributed by atoms with Gasteiger partial charge in [0, 0.05) is 12.0 Å². The largest absolute Gasteiger partial charge is 0.478 e. The first-order valence-electron chi connectivity index (χ1n) is 6.09. The van der Waals surface area contributed by atoms with Crippen LogP contribution in [0, 0.1) is 17.3 Å². The molecule has 0 heterocycles. The lowest BCUT2D eigenvalue weighted by Gasteiger charge is -2.06. The van der Waals surface area contributed by atoms with E-state index in [1.807, 2.05) is 31.2 Å². The molecule has 0 fully saturated rings. The quantitative estimate of drug-likeness (QED) is 0.364. The van der Waals surface area contributed by atoms with E-state index < -0.39 is 0 Å². The Balaban J connectivity index is 2.83. The maximum Gasteiger partial charge on any atom is 0.214 e. The Kier molecular flexibility index (Phi) is 5.88. The van der Waals surface area contributed by atoms with Crippen LogP contribution in [-0.4, -0.2) is 12.5 Å². The predicted octanol–water partition coefficient (Wildman–Crippen LogP) is 3.59. The SMILES string of the molecule is CCCCC#Cc1ccccc1C(=N)OCC. The van der Waals surface area contributed by atoms with E-state index in [-0.39, 0.29) is 5.90 Å². The summed E-state index contributed by atoms with van der Waals surface area (Å²) in [5.41, 5.74) is 1.65. The first-order valence-corrected chi connectivity index (χ1v) is 6.09. The molecule has 0 aliphatic rings. The highest BCUT2D eigenvalue weighted by Crippen LogP contribution is 2.09. The van der Waals surface area contributed by atoms with Crippen LogP contribution in [0.4, 0.5) is 0 Å². The fourth-order valence-corrected chi connectivity index (χ4v) is 1.44. The van der Waals surface area contributed by atoms with Gasteiger partial charge >= 0.3 is 0 Å². The topological polar surface area (TPSA) is 33.1 Å². The van der Waals surface area contributed by atoms with E-state index in [1.54, 1.807) is 0 Å². The van der Waals surface area contributed by atoms with Crippen LogP contribution in [0.5, 0.6) is 0 Å². The van der Waals surface area contributed by atoms with Crippen molar-refractivity contribution in [1.82, 2.24) is 0 Å². The lowest BCUT2D eigenvalue weighted by Crippen LogP contribution is -2.06. The van der Waals surface area contributed by atoms with Gasteiger partial charge in [0.2, 0.25) is 5.90 Å². The monoisotopic (exact) mass is 229 g/mol. The van der Waals surface area contributed by atoms with Gasteiger partial charge in [-0.05, 0) is 25.5 Å². The Bertz CT molecular complexity index is 426. The normalized spacial score (nSPS) is 9.29. The maximum atomic E-state index is 7.80. The van der Waals surface area contributed by atoms with Gasteiger partial charge in [0.15, 0.2) is 0 Å². The summed E-state index contributed by atoms with van der Waals surface area (Å²) in [5.74, 6) is 6.46. The molecule has 17 heavy (non-hydrogen) atoms. The number of hydrogen-bond donors (Lipinski definition) is 1. The molecule has 0 unspecified atom stereocenters. The molecule has 0 aliphatic heterocycles. The second-order valence-electron chi connectivity index (χ2n) is 3.71. The van der Waals surface area contributed by atoms with Crippen LogP contribution in [0.1, 0.15) is 44.2 Å². The Morgan fingerprint density at radius 3 is 2.76 bits per heavy atom. The lowest BCUT2D eigenvalue weighted by molar-refractivity contribution is 0.325. The van der Waals surface area contributed by atoms with Gasteiger partial charge in [0.25, 0.3) is 0 Å². The van der Waals surface area contributed by atoms with Crippen LogP contribution < -0.4 is 0 Å². The third-order valence-corrected chi connectivity index (χ3v) is 2.34. The van der Waals surface area contributed by atoms with E-state index >= 15 is 0 Å². The van der Waals surface area contributed by atoms with Crippen molar-refractivity contribution in [2.75, 3.05) is 6.61 Å². The average molecular weight is 229 g/mol. The Morgan fingerprint density at radius 1 is 1.29 bits per heavy atom. The van der Waals surface area contributed by atoms with Gasteiger partial charge < -0.3 is 4.74 Å². The Labute approximate surface area is 104 Å². The molecule has 1 N–H and O–H groups in total. The molecule has 90 valence electrons. The van der Waals surface area contributed by atoms with E-state index in [2.05, 4.69) is 18.8 Å². The molecule has 0 bridgehead atoms. The molecule has 0 radical (unpaired) electrons. The summed E-state index contributed by atoms with van der Waals surface area (Å²) < 4.78 is 5.21. The number of unbranched alkanes of at least 4 members (excludes halogenated alkanes) is 2. The van der Waals surface area contributed by atoms with Crippen molar-refractivity contribution in [3.63, 3.8) is 0 Å². The number of ether oxygens (including phenoxy) is 1. The highest BCUT2D eigenvalue weighted by atomic mass is 16.5. The van der Waals surface area contributed by atoms with Crippen molar-refractivity contribution in [1.29, 1.82) is 5.41 Å². The van der Waals surface area contributed by atoms with Gasteiger partial charge in [-0.2, -0.15) is 0 Å². The van der Waals surface area contributed by atoms with E-state index in [1.165, 1.54) is 0 Å².